The van der Waals surface area contributed by atoms with Crippen molar-refractivity contribution in [3.8, 4) is 11.5 Å². The van der Waals surface area contributed by atoms with Gasteiger partial charge in [0.2, 0.25) is 0 Å². The van der Waals surface area contributed by atoms with Crippen LogP contribution in [0.3, 0.4) is 0 Å². The van der Waals surface area contributed by atoms with Gasteiger partial charge >= 0.3 is 29.6 Å². The number of carbonyl (C=O) groups is 1. The van der Waals surface area contributed by atoms with Crippen molar-refractivity contribution in [1.29, 1.82) is 0 Å². The van der Waals surface area contributed by atoms with Crippen LogP contribution in [0.1, 0.15) is 22.1 Å². The maximum atomic E-state index is 13.3. The number of carboxylic acids is 1. The first-order chi connectivity index (χ1) is 11.7. The number of hydrogen-bond acceptors (Lipinski definition) is 5. The minimum atomic E-state index is -3.22. The number of hydrogen-bond donors (Lipinski definition) is 0. The Morgan fingerprint density at radius 3 is 2.31 bits per heavy atom. The predicted molar refractivity (Wildman–Crippen MR) is 78.8 cm³/mol. The van der Waals surface area contributed by atoms with Gasteiger partial charge in [-0.2, -0.15) is 0 Å². The van der Waals surface area contributed by atoms with Gasteiger partial charge in [0.25, 0.3) is 12.1 Å². The number of aromatic carboxylic acids is 1. The van der Waals surface area contributed by atoms with Gasteiger partial charge in [0.15, 0.2) is 6.17 Å². The smallest absolute Gasteiger partial charge is 0.545 e. The molecule has 0 saturated carbocycles. The Labute approximate surface area is 172 Å². The minimum Gasteiger partial charge on any atom is -0.545 e. The van der Waals surface area contributed by atoms with Gasteiger partial charge in [0.05, 0.1) is 21.5 Å². The molecule has 1 unspecified atom stereocenters. The number of carbonyl (C=O) groups excluding carboxylic acids is 1. The van der Waals surface area contributed by atoms with Gasteiger partial charge in [-0.25, -0.2) is 13.2 Å². The van der Waals surface area contributed by atoms with Crippen molar-refractivity contribution in [3.05, 3.63) is 62.7 Å². The molecule has 0 fully saturated rings. The first kappa shape index (κ1) is 22.2. The van der Waals surface area contributed by atoms with Gasteiger partial charge < -0.3 is 14.6 Å². The normalized spacial score (nSPS) is 11.6. The van der Waals surface area contributed by atoms with Crippen molar-refractivity contribution in [3.63, 3.8) is 0 Å². The zero-order valence-electron chi connectivity index (χ0n) is 13.1. The number of ether oxygens (including phenoxy) is 1. The number of nitrogens with zero attached hydrogens (tertiary/aromatic N) is 1. The third kappa shape index (κ3) is 5.10. The number of halogens is 4. The fourth-order valence-electron chi connectivity index (χ4n) is 1.95. The van der Waals surface area contributed by atoms with Crippen LogP contribution < -0.4 is 39.4 Å². The molecule has 2 rings (SSSR count). The number of nitro groups is 1. The van der Waals surface area contributed by atoms with Crippen LogP contribution >= 0.6 is 11.6 Å². The van der Waals surface area contributed by atoms with Gasteiger partial charge in [-0.05, 0) is 29.8 Å². The molecule has 0 aromatic heterocycles. The molecule has 0 N–H and O–H groups in total. The van der Waals surface area contributed by atoms with Crippen molar-refractivity contribution in [2.45, 2.75) is 12.6 Å². The summed E-state index contributed by atoms with van der Waals surface area (Å²) in [5, 5.41) is 21.5. The maximum Gasteiger partial charge on any atom is 1.00 e. The van der Waals surface area contributed by atoms with E-state index in [1.165, 1.54) is 0 Å². The third-order valence-electron chi connectivity index (χ3n) is 3.11. The van der Waals surface area contributed by atoms with E-state index in [4.69, 9.17) is 16.3 Å². The summed E-state index contributed by atoms with van der Waals surface area (Å²) in [5.41, 5.74) is -1.76. The molecule has 0 spiro atoms. The Morgan fingerprint density at radius 2 is 1.81 bits per heavy atom. The van der Waals surface area contributed by atoms with E-state index >= 15 is 0 Å². The van der Waals surface area contributed by atoms with Crippen LogP contribution in [0.2, 0.25) is 5.02 Å². The second-order valence-corrected chi connectivity index (χ2v) is 5.16. The molecule has 0 radical (unpaired) electrons. The number of nitro benzene ring substituents is 1. The maximum absolute atomic E-state index is 13.3. The summed E-state index contributed by atoms with van der Waals surface area (Å²) < 4.78 is 43.2. The summed E-state index contributed by atoms with van der Waals surface area (Å²) in [6, 6.07) is 5.96. The van der Waals surface area contributed by atoms with Crippen molar-refractivity contribution in [2.24, 2.45) is 0 Å². The van der Waals surface area contributed by atoms with Gasteiger partial charge in [0.1, 0.15) is 11.5 Å². The third-order valence-corrected chi connectivity index (χ3v) is 3.40. The van der Waals surface area contributed by atoms with Crippen LogP contribution in [0.25, 0.3) is 0 Å². The Kier molecular flexibility index (Phi) is 7.88. The quantitative estimate of drug-likeness (QED) is 0.406. The monoisotopic (exact) mass is 397 g/mol. The molecule has 0 bridgehead atoms. The summed E-state index contributed by atoms with van der Waals surface area (Å²) in [5.74, 6) is -1.98. The van der Waals surface area contributed by atoms with Crippen LogP contribution in [0.5, 0.6) is 11.5 Å². The number of rotatable bonds is 6. The van der Waals surface area contributed by atoms with Gasteiger partial charge in [-0.15, -0.1) is 0 Å². The van der Waals surface area contributed by atoms with E-state index in [0.717, 1.165) is 36.4 Å². The number of carboxylic acid groups (broad SMARTS) is 1. The fraction of sp³-hybridized carbons (Fsp3) is 0.133. The topological polar surface area (TPSA) is 92.5 Å². The van der Waals surface area contributed by atoms with Crippen LogP contribution in [0.4, 0.5) is 18.9 Å². The van der Waals surface area contributed by atoms with Gasteiger partial charge in [-0.1, -0.05) is 17.7 Å². The van der Waals surface area contributed by atoms with E-state index < -0.39 is 34.7 Å². The zero-order valence-corrected chi connectivity index (χ0v) is 15.9. The molecule has 2 aromatic carbocycles. The molecule has 0 saturated heterocycles. The molecule has 2 aromatic rings. The van der Waals surface area contributed by atoms with Crippen molar-refractivity contribution in [1.82, 2.24) is 0 Å². The number of alkyl halides is 3. The SMILES string of the molecule is O=C([O-])c1cc(Oc2ccc(C(F)C(F)F)cc2Cl)ccc1[N+](=O)[O-].[Na+]. The second-order valence-electron chi connectivity index (χ2n) is 4.75. The van der Waals surface area contributed by atoms with Crippen LogP contribution in [0.15, 0.2) is 36.4 Å². The van der Waals surface area contributed by atoms with Crippen LogP contribution in [0, 0.1) is 10.1 Å². The van der Waals surface area contributed by atoms with Crippen LogP contribution in [-0.4, -0.2) is 17.3 Å². The largest absolute Gasteiger partial charge is 1.00 e. The molecule has 26 heavy (non-hydrogen) atoms. The average Bonchev–Trinajstić information content (AvgIpc) is 2.55. The standard InChI is InChI=1S/C15H9ClF3NO5.Na/c16-10-5-7(13(17)14(18)19)1-4-12(10)25-8-2-3-11(20(23)24)9(6-8)15(21)22;/h1-6,13-14H,(H,21,22);/q;+1/p-1. The number of benzene rings is 2. The first-order valence-corrected chi connectivity index (χ1v) is 6.97. The predicted octanol–water partition coefficient (Wildman–Crippen LogP) is 0.684. The molecule has 6 nitrogen and oxygen atoms in total. The molecule has 132 valence electrons. The van der Waals surface area contributed by atoms with E-state index in [1.54, 1.807) is 0 Å². The molecule has 0 aliphatic rings. The average molecular weight is 398 g/mol. The molecular weight excluding hydrogens is 390 g/mol. The van der Waals surface area contributed by atoms with E-state index in [0.29, 0.717) is 0 Å². The first-order valence-electron chi connectivity index (χ1n) is 6.60. The summed E-state index contributed by atoms with van der Waals surface area (Å²) in [7, 11) is 0. The molecule has 1 atom stereocenters. The molecule has 0 aliphatic carbocycles. The Hall–Kier alpha value is -1.81. The molecule has 0 amide bonds. The summed E-state index contributed by atoms with van der Waals surface area (Å²) in [4.78, 5) is 20.8. The molecule has 11 heteroatoms. The Balaban J connectivity index is 0.00000338. The van der Waals surface area contributed by atoms with E-state index in [9.17, 15) is 33.2 Å². The molecule has 0 heterocycles. The summed E-state index contributed by atoms with van der Waals surface area (Å²) in [6.07, 6.45) is -5.74. The molecule has 0 aliphatic heterocycles. The van der Waals surface area contributed by atoms with E-state index in [2.05, 4.69) is 0 Å². The van der Waals surface area contributed by atoms with Crippen LogP contribution in [-0.2, 0) is 0 Å². The van der Waals surface area contributed by atoms with E-state index in [1.807, 2.05) is 0 Å². The Bertz CT molecular complexity index is 837. The molecular formula is C15H8ClF3NNaO5. The van der Waals surface area contributed by atoms with Crippen molar-refractivity contribution in [2.75, 3.05) is 0 Å². The fourth-order valence-corrected chi connectivity index (χ4v) is 2.17. The van der Waals surface area contributed by atoms with Gasteiger partial charge in [0, 0.05) is 6.07 Å². The van der Waals surface area contributed by atoms with Crippen molar-refractivity contribution < 1.29 is 62.3 Å². The van der Waals surface area contributed by atoms with E-state index in [-0.39, 0.29) is 51.6 Å². The summed E-state index contributed by atoms with van der Waals surface area (Å²) in [6.45, 7) is 0. The second kappa shape index (κ2) is 9.22. The van der Waals surface area contributed by atoms with Gasteiger partial charge in [-0.3, -0.25) is 10.1 Å². The summed E-state index contributed by atoms with van der Waals surface area (Å²) >= 11 is 5.84. The minimum absolute atomic E-state index is 0. The zero-order chi connectivity index (χ0) is 18.7. The Morgan fingerprint density at radius 1 is 1.15 bits per heavy atom. The van der Waals surface area contributed by atoms with Crippen molar-refractivity contribution >= 4 is 23.3 Å².